The van der Waals surface area contributed by atoms with E-state index in [9.17, 15) is 4.79 Å². The van der Waals surface area contributed by atoms with Gasteiger partial charge in [0.05, 0.1) is 33.4 Å². The molecule has 35 heavy (non-hydrogen) atoms. The Labute approximate surface area is 236 Å². The number of thioether (sulfide) groups is 1. The first kappa shape index (κ1) is 26.1. The molecule has 1 saturated heterocycles. The number of halogens is 3. The minimum absolute atomic E-state index is 0.228. The van der Waals surface area contributed by atoms with Gasteiger partial charge in [0.25, 0.3) is 5.91 Å². The van der Waals surface area contributed by atoms with Gasteiger partial charge in [-0.15, -0.1) is 0 Å². The number of methoxy groups -OCH3 is 2. The maximum atomic E-state index is 13.2. The van der Waals surface area contributed by atoms with Gasteiger partial charge >= 0.3 is 0 Å². The number of ether oxygens (including phenoxy) is 3. The molecule has 1 heterocycles. The molecule has 0 unspecified atom stereocenters. The fraction of sp³-hybridized carbons (Fsp3) is 0.120. The number of rotatable bonds is 7. The van der Waals surface area contributed by atoms with Crippen molar-refractivity contribution < 1.29 is 19.0 Å². The summed E-state index contributed by atoms with van der Waals surface area (Å²) in [5.74, 6) is 1.45. The van der Waals surface area contributed by atoms with Gasteiger partial charge in [0.15, 0.2) is 15.8 Å². The molecule has 3 aromatic carbocycles. The molecule has 0 radical (unpaired) electrons. The quantitative estimate of drug-likeness (QED) is 0.148. The van der Waals surface area contributed by atoms with Crippen molar-refractivity contribution in [2.24, 2.45) is 0 Å². The van der Waals surface area contributed by atoms with Crippen LogP contribution in [-0.2, 0) is 11.4 Å². The van der Waals surface area contributed by atoms with E-state index in [0.717, 1.165) is 14.7 Å². The Balaban J connectivity index is 1.59. The van der Waals surface area contributed by atoms with E-state index >= 15 is 0 Å². The molecule has 0 spiro atoms. The van der Waals surface area contributed by atoms with Gasteiger partial charge in [0, 0.05) is 10.6 Å². The number of benzene rings is 3. The highest BCUT2D eigenvalue weighted by Crippen LogP contribution is 2.40. The molecule has 1 aliphatic heterocycles. The van der Waals surface area contributed by atoms with Gasteiger partial charge in [-0.2, -0.15) is 0 Å². The molecule has 1 fully saturated rings. The van der Waals surface area contributed by atoms with Crippen LogP contribution in [0.4, 0.5) is 5.69 Å². The van der Waals surface area contributed by atoms with E-state index in [0.29, 0.717) is 48.8 Å². The summed E-state index contributed by atoms with van der Waals surface area (Å²) in [6.45, 7) is 0.300. The van der Waals surface area contributed by atoms with E-state index in [1.165, 1.54) is 23.8 Å². The van der Waals surface area contributed by atoms with Crippen molar-refractivity contribution in [3.05, 3.63) is 84.2 Å². The van der Waals surface area contributed by atoms with Crippen LogP contribution in [0.25, 0.3) is 6.08 Å². The molecule has 10 heteroatoms. The second-order valence-electron chi connectivity index (χ2n) is 7.25. The lowest BCUT2D eigenvalue weighted by molar-refractivity contribution is -0.113. The summed E-state index contributed by atoms with van der Waals surface area (Å²) in [5, 5.41) is 1.04. The fourth-order valence-electron chi connectivity index (χ4n) is 3.36. The van der Waals surface area contributed by atoms with Crippen molar-refractivity contribution in [3.63, 3.8) is 0 Å². The van der Waals surface area contributed by atoms with E-state index in [1.54, 1.807) is 31.4 Å². The number of nitrogens with zero attached hydrogens (tertiary/aromatic N) is 1. The number of carbonyl (C=O) groups is 1. The summed E-state index contributed by atoms with van der Waals surface area (Å²) in [5.41, 5.74) is 2.24. The molecule has 5 nitrogen and oxygen atoms in total. The zero-order valence-corrected chi connectivity index (χ0v) is 23.8. The highest BCUT2D eigenvalue weighted by Gasteiger charge is 2.33. The Hall–Kier alpha value is -1.98. The molecule has 0 bridgehead atoms. The molecule has 0 atom stereocenters. The van der Waals surface area contributed by atoms with Crippen molar-refractivity contribution in [2.75, 3.05) is 19.1 Å². The minimum atomic E-state index is -0.228. The standard InChI is InChI=1S/C25H18Cl2INO4S2/c1-31-20-8-7-16(12-18(20)27)29-24(30)22(35-25(29)34)11-14-9-19(28)23(21(10-14)32-2)33-13-15-5-3-4-6-17(15)26/h3-12H,13H2,1-2H3/b22-11+. The largest absolute Gasteiger partial charge is 0.495 e. The molecule has 1 aliphatic rings. The Morgan fingerprint density at radius 2 is 1.77 bits per heavy atom. The molecule has 180 valence electrons. The lowest BCUT2D eigenvalue weighted by Gasteiger charge is -2.16. The third kappa shape index (κ3) is 5.72. The average Bonchev–Trinajstić information content (AvgIpc) is 3.11. The van der Waals surface area contributed by atoms with Crippen molar-refractivity contribution in [3.8, 4) is 17.2 Å². The maximum absolute atomic E-state index is 13.2. The average molecular weight is 658 g/mol. The molecule has 0 aliphatic carbocycles. The fourth-order valence-corrected chi connectivity index (χ4v) is 5.89. The summed E-state index contributed by atoms with van der Waals surface area (Å²) in [6, 6.07) is 16.4. The monoisotopic (exact) mass is 657 g/mol. The van der Waals surface area contributed by atoms with Crippen molar-refractivity contribution in [2.45, 2.75) is 6.61 Å². The topological polar surface area (TPSA) is 48.0 Å². The lowest BCUT2D eigenvalue weighted by Crippen LogP contribution is -2.27. The number of hydrogen-bond acceptors (Lipinski definition) is 6. The zero-order valence-electron chi connectivity index (χ0n) is 18.5. The molecule has 3 aromatic rings. The van der Waals surface area contributed by atoms with Gasteiger partial charge in [0.1, 0.15) is 12.4 Å². The van der Waals surface area contributed by atoms with Gasteiger partial charge in [0.2, 0.25) is 0 Å². The first-order chi connectivity index (χ1) is 16.8. The number of thiocarbonyl (C=S) groups is 1. The Morgan fingerprint density at radius 3 is 2.46 bits per heavy atom. The Kier molecular flexibility index (Phi) is 8.49. The second-order valence-corrected chi connectivity index (χ2v) is 10.9. The minimum Gasteiger partial charge on any atom is -0.495 e. The SMILES string of the molecule is COc1ccc(N2C(=O)/C(=C\c3cc(I)c(OCc4ccccc4Cl)c(OC)c3)SC2=S)cc1Cl. The molecule has 1 amide bonds. The number of carbonyl (C=O) groups excluding carboxylic acids is 1. The maximum Gasteiger partial charge on any atom is 0.270 e. The first-order valence-electron chi connectivity index (χ1n) is 10.2. The number of anilines is 1. The smallest absolute Gasteiger partial charge is 0.270 e. The summed E-state index contributed by atoms with van der Waals surface area (Å²) < 4.78 is 18.1. The van der Waals surface area contributed by atoms with Gasteiger partial charge < -0.3 is 14.2 Å². The first-order valence-corrected chi connectivity index (χ1v) is 13.2. The molecule has 4 rings (SSSR count). The van der Waals surface area contributed by atoms with E-state index < -0.39 is 0 Å². The molecular weight excluding hydrogens is 640 g/mol. The van der Waals surface area contributed by atoms with Crippen molar-refractivity contribution in [1.29, 1.82) is 0 Å². The predicted molar refractivity (Wildman–Crippen MR) is 155 cm³/mol. The van der Waals surface area contributed by atoms with Gasteiger partial charge in [-0.25, -0.2) is 0 Å². The highest BCUT2D eigenvalue weighted by atomic mass is 127. The molecule has 0 saturated carbocycles. The summed E-state index contributed by atoms with van der Waals surface area (Å²) in [6.07, 6.45) is 1.78. The normalized spacial score (nSPS) is 14.5. The van der Waals surface area contributed by atoms with E-state index in [4.69, 9.17) is 49.6 Å². The van der Waals surface area contributed by atoms with Crippen LogP contribution in [0.5, 0.6) is 17.2 Å². The summed E-state index contributed by atoms with van der Waals surface area (Å²) in [7, 11) is 3.11. The van der Waals surface area contributed by atoms with Gasteiger partial charge in [-0.1, -0.05) is 65.4 Å². The summed E-state index contributed by atoms with van der Waals surface area (Å²) in [4.78, 5) is 15.1. The molecule has 0 N–H and O–H groups in total. The van der Waals surface area contributed by atoms with E-state index in [-0.39, 0.29) is 5.91 Å². The predicted octanol–water partition coefficient (Wildman–Crippen LogP) is 7.60. The van der Waals surface area contributed by atoms with E-state index in [2.05, 4.69) is 22.6 Å². The van der Waals surface area contributed by atoms with Crippen LogP contribution in [0.2, 0.25) is 10.0 Å². The van der Waals surface area contributed by atoms with E-state index in [1.807, 2.05) is 36.4 Å². The van der Waals surface area contributed by atoms with Gasteiger partial charge in [-0.3, -0.25) is 9.69 Å². The third-order valence-corrected chi connectivity index (χ3v) is 7.83. The summed E-state index contributed by atoms with van der Waals surface area (Å²) >= 11 is 21.4. The third-order valence-electron chi connectivity index (χ3n) is 5.07. The second kappa shape index (κ2) is 11.4. The molecule has 0 aromatic heterocycles. The van der Waals surface area contributed by atoms with Crippen LogP contribution in [-0.4, -0.2) is 24.4 Å². The van der Waals surface area contributed by atoms with Crippen LogP contribution in [0.1, 0.15) is 11.1 Å². The van der Waals surface area contributed by atoms with Crippen LogP contribution in [0.3, 0.4) is 0 Å². The van der Waals surface area contributed by atoms with Crippen LogP contribution in [0, 0.1) is 3.57 Å². The van der Waals surface area contributed by atoms with Crippen molar-refractivity contribution >= 4 is 91.8 Å². The van der Waals surface area contributed by atoms with Crippen LogP contribution < -0.4 is 19.1 Å². The molecular formula is C25H18Cl2INO4S2. The van der Waals surface area contributed by atoms with Crippen molar-refractivity contribution in [1.82, 2.24) is 0 Å². The number of amides is 1. The Bertz CT molecular complexity index is 1350. The van der Waals surface area contributed by atoms with Crippen LogP contribution in [0.15, 0.2) is 59.5 Å². The number of hydrogen-bond donors (Lipinski definition) is 0. The lowest BCUT2D eigenvalue weighted by atomic mass is 10.1. The Morgan fingerprint density at radius 1 is 1.03 bits per heavy atom. The van der Waals surface area contributed by atoms with Gasteiger partial charge in [-0.05, 0) is 70.6 Å². The van der Waals surface area contributed by atoms with Crippen LogP contribution >= 0.6 is 69.8 Å². The zero-order chi connectivity index (χ0) is 25.1. The highest BCUT2D eigenvalue weighted by molar-refractivity contribution is 14.1.